The van der Waals surface area contributed by atoms with E-state index < -0.39 is 0 Å². The van der Waals surface area contributed by atoms with Crippen LogP contribution in [0.25, 0.3) is 0 Å². The Balaban J connectivity index is 2.45. The molecular weight excluding hydrogens is 248 g/mol. The molecule has 20 heavy (non-hydrogen) atoms. The van der Waals surface area contributed by atoms with Gasteiger partial charge in [0.25, 0.3) is 0 Å². The molecule has 0 aliphatic carbocycles. The first-order chi connectivity index (χ1) is 9.40. The normalized spacial score (nSPS) is 10.9. The Morgan fingerprint density at radius 1 is 1.05 bits per heavy atom. The van der Waals surface area contributed by atoms with Crippen LogP contribution in [0.5, 0.6) is 0 Å². The predicted molar refractivity (Wildman–Crippen MR) is 84.5 cm³/mol. The number of aryl methyl sites for hydroxylation is 1. The van der Waals surface area contributed by atoms with E-state index in [1.165, 1.54) is 11.1 Å². The smallest absolute Gasteiger partial charge is 0.139 e. The molecule has 1 aromatic heterocycles. The first-order valence-corrected chi connectivity index (χ1v) is 6.87. The summed E-state index contributed by atoms with van der Waals surface area (Å²) in [5.41, 5.74) is 10.4. The van der Waals surface area contributed by atoms with Crippen molar-refractivity contribution >= 4 is 17.3 Å². The van der Waals surface area contributed by atoms with Gasteiger partial charge >= 0.3 is 0 Å². The van der Waals surface area contributed by atoms with E-state index in [9.17, 15) is 0 Å². The summed E-state index contributed by atoms with van der Waals surface area (Å²) < 4.78 is 0. The van der Waals surface area contributed by atoms with E-state index in [-0.39, 0.29) is 5.92 Å². The van der Waals surface area contributed by atoms with Crippen molar-refractivity contribution in [1.29, 1.82) is 0 Å². The minimum atomic E-state index is 0.247. The van der Waals surface area contributed by atoms with Gasteiger partial charge in [-0.25, -0.2) is 9.97 Å². The average molecular weight is 270 g/mol. The molecule has 0 aliphatic heterocycles. The molecule has 0 atom stereocenters. The van der Waals surface area contributed by atoms with Crippen molar-refractivity contribution in [3.8, 4) is 0 Å². The number of nitrogens with one attached hydrogen (secondary N) is 1. The van der Waals surface area contributed by atoms with Gasteiger partial charge in [0.05, 0.1) is 0 Å². The van der Waals surface area contributed by atoms with Gasteiger partial charge in [-0.3, -0.25) is 0 Å². The van der Waals surface area contributed by atoms with E-state index in [4.69, 9.17) is 5.73 Å². The largest absolute Gasteiger partial charge is 0.383 e. The standard InChI is InChI=1S/C16H22N4/c1-9(2)15-19-14(17)12(5)16(20-15)18-13-8-6-7-10(3)11(13)4/h6-9H,1-5H3,(H3,17,18,19,20). The Labute approximate surface area is 120 Å². The first-order valence-electron chi connectivity index (χ1n) is 6.87. The van der Waals surface area contributed by atoms with Gasteiger partial charge in [0.1, 0.15) is 17.5 Å². The molecule has 0 aliphatic rings. The SMILES string of the molecule is Cc1cccc(Nc2nc(C(C)C)nc(N)c2C)c1C. The van der Waals surface area contributed by atoms with Crippen molar-refractivity contribution in [2.75, 3.05) is 11.1 Å². The third-order valence-electron chi connectivity index (χ3n) is 3.57. The van der Waals surface area contributed by atoms with Crippen LogP contribution in [-0.4, -0.2) is 9.97 Å². The topological polar surface area (TPSA) is 63.8 Å². The van der Waals surface area contributed by atoms with Crippen LogP contribution in [0.2, 0.25) is 0 Å². The molecule has 2 aromatic rings. The van der Waals surface area contributed by atoms with Crippen LogP contribution >= 0.6 is 0 Å². The zero-order valence-corrected chi connectivity index (χ0v) is 12.8. The number of anilines is 3. The lowest BCUT2D eigenvalue weighted by molar-refractivity contribution is 0.776. The minimum absolute atomic E-state index is 0.247. The monoisotopic (exact) mass is 270 g/mol. The molecule has 0 amide bonds. The Morgan fingerprint density at radius 2 is 1.75 bits per heavy atom. The molecule has 4 nitrogen and oxygen atoms in total. The van der Waals surface area contributed by atoms with Gasteiger partial charge in [0, 0.05) is 17.2 Å². The van der Waals surface area contributed by atoms with Crippen molar-refractivity contribution in [2.24, 2.45) is 0 Å². The summed E-state index contributed by atoms with van der Waals surface area (Å²) in [4.78, 5) is 8.94. The van der Waals surface area contributed by atoms with Crippen molar-refractivity contribution in [3.05, 3.63) is 40.7 Å². The van der Waals surface area contributed by atoms with Crippen molar-refractivity contribution < 1.29 is 0 Å². The average Bonchev–Trinajstić information content (AvgIpc) is 2.39. The van der Waals surface area contributed by atoms with Crippen LogP contribution in [0, 0.1) is 20.8 Å². The van der Waals surface area contributed by atoms with Crippen LogP contribution < -0.4 is 11.1 Å². The number of nitrogens with zero attached hydrogens (tertiary/aromatic N) is 2. The first kappa shape index (κ1) is 14.3. The van der Waals surface area contributed by atoms with Crippen LogP contribution in [0.15, 0.2) is 18.2 Å². The molecule has 4 heteroatoms. The third-order valence-corrected chi connectivity index (χ3v) is 3.57. The van der Waals surface area contributed by atoms with Gasteiger partial charge in [-0.15, -0.1) is 0 Å². The summed E-state index contributed by atoms with van der Waals surface area (Å²) in [7, 11) is 0. The van der Waals surface area contributed by atoms with Crippen molar-refractivity contribution in [3.63, 3.8) is 0 Å². The highest BCUT2D eigenvalue weighted by Gasteiger charge is 2.12. The van der Waals surface area contributed by atoms with Gasteiger partial charge in [-0.1, -0.05) is 26.0 Å². The summed E-state index contributed by atoms with van der Waals surface area (Å²) in [5.74, 6) is 2.34. The van der Waals surface area contributed by atoms with Crippen LogP contribution in [0.4, 0.5) is 17.3 Å². The third kappa shape index (κ3) is 2.74. The van der Waals surface area contributed by atoms with Gasteiger partial charge < -0.3 is 11.1 Å². The van der Waals surface area contributed by atoms with E-state index in [1.807, 2.05) is 13.0 Å². The van der Waals surface area contributed by atoms with Gasteiger partial charge in [0.2, 0.25) is 0 Å². The summed E-state index contributed by atoms with van der Waals surface area (Å²) in [5, 5.41) is 3.39. The molecule has 0 saturated carbocycles. The molecule has 2 rings (SSSR count). The number of rotatable bonds is 3. The fourth-order valence-electron chi connectivity index (χ4n) is 1.95. The van der Waals surface area contributed by atoms with Crippen LogP contribution in [0.3, 0.4) is 0 Å². The quantitative estimate of drug-likeness (QED) is 0.889. The highest BCUT2D eigenvalue weighted by atomic mass is 15.1. The molecular formula is C16H22N4. The van der Waals surface area contributed by atoms with E-state index in [0.717, 1.165) is 22.9 Å². The Kier molecular flexibility index (Phi) is 3.93. The van der Waals surface area contributed by atoms with Crippen molar-refractivity contribution in [1.82, 2.24) is 9.97 Å². The lowest BCUT2D eigenvalue weighted by Crippen LogP contribution is -2.08. The minimum Gasteiger partial charge on any atom is -0.383 e. The van der Waals surface area contributed by atoms with Crippen LogP contribution in [-0.2, 0) is 0 Å². The Bertz CT molecular complexity index is 633. The molecule has 1 aromatic carbocycles. The molecule has 3 N–H and O–H groups in total. The Hall–Kier alpha value is -2.10. The lowest BCUT2D eigenvalue weighted by Gasteiger charge is -2.15. The number of nitrogen functional groups attached to an aromatic ring is 1. The molecule has 1 heterocycles. The van der Waals surface area contributed by atoms with Gasteiger partial charge in [-0.2, -0.15) is 0 Å². The zero-order valence-electron chi connectivity index (χ0n) is 12.8. The van der Waals surface area contributed by atoms with Crippen LogP contribution in [0.1, 0.15) is 42.3 Å². The maximum Gasteiger partial charge on any atom is 0.139 e. The fourth-order valence-corrected chi connectivity index (χ4v) is 1.95. The molecule has 0 bridgehead atoms. The molecule has 0 saturated heterocycles. The summed E-state index contributed by atoms with van der Waals surface area (Å²) in [6, 6.07) is 6.18. The van der Waals surface area contributed by atoms with Gasteiger partial charge in [0.15, 0.2) is 0 Å². The highest BCUT2D eigenvalue weighted by molar-refractivity contribution is 5.66. The maximum atomic E-state index is 5.99. The van der Waals surface area contributed by atoms with E-state index >= 15 is 0 Å². The second-order valence-corrected chi connectivity index (χ2v) is 5.47. The van der Waals surface area contributed by atoms with Gasteiger partial charge in [-0.05, 0) is 38.0 Å². The summed E-state index contributed by atoms with van der Waals surface area (Å²) in [6.45, 7) is 10.3. The number of benzene rings is 1. The maximum absolute atomic E-state index is 5.99. The second kappa shape index (κ2) is 5.49. The number of hydrogen-bond donors (Lipinski definition) is 2. The molecule has 0 unspecified atom stereocenters. The van der Waals surface area contributed by atoms with E-state index in [0.29, 0.717) is 5.82 Å². The second-order valence-electron chi connectivity index (χ2n) is 5.47. The predicted octanol–water partition coefficient (Wildman–Crippen LogP) is 3.85. The molecule has 0 fully saturated rings. The van der Waals surface area contributed by atoms with E-state index in [2.05, 4.69) is 55.1 Å². The summed E-state index contributed by atoms with van der Waals surface area (Å²) >= 11 is 0. The zero-order chi connectivity index (χ0) is 14.9. The number of hydrogen-bond acceptors (Lipinski definition) is 4. The lowest BCUT2D eigenvalue weighted by atomic mass is 10.1. The summed E-state index contributed by atoms with van der Waals surface area (Å²) in [6.07, 6.45) is 0. The van der Waals surface area contributed by atoms with E-state index in [1.54, 1.807) is 0 Å². The number of aromatic nitrogens is 2. The number of nitrogens with two attached hydrogens (primary N) is 1. The molecule has 106 valence electrons. The Morgan fingerprint density at radius 3 is 2.40 bits per heavy atom. The molecule has 0 spiro atoms. The van der Waals surface area contributed by atoms with Crippen molar-refractivity contribution in [2.45, 2.75) is 40.5 Å². The molecule has 0 radical (unpaired) electrons. The fraction of sp³-hybridized carbons (Fsp3) is 0.375. The highest BCUT2D eigenvalue weighted by Crippen LogP contribution is 2.26.